The maximum Gasteiger partial charge on any atom is 0.605 e. The average molecular weight is 550 g/mol. The van der Waals surface area contributed by atoms with Crippen LogP contribution in [0.25, 0.3) is 11.3 Å². The van der Waals surface area contributed by atoms with E-state index in [0.717, 1.165) is 5.56 Å². The van der Waals surface area contributed by atoms with Gasteiger partial charge >= 0.3 is 18.6 Å². The molecule has 40 heavy (non-hydrogen) atoms. The van der Waals surface area contributed by atoms with E-state index >= 15 is 0 Å². The van der Waals surface area contributed by atoms with Gasteiger partial charge in [-0.3, -0.25) is 9.59 Å². The van der Waals surface area contributed by atoms with Crippen molar-refractivity contribution in [1.82, 2.24) is 15.6 Å². The SMILES string of the molecule is CC(C)C[C@H](NC(=O)[C@@H](NC(=O)c1cccc(-c2ccccc2)n1)[C@@H](C)O)[B-]12OC(=O)[C@H]3CC[C@H](C(=O)O1)[N+]32C. The van der Waals surface area contributed by atoms with Crippen molar-refractivity contribution >= 4 is 30.4 Å². The first-order valence-electron chi connectivity index (χ1n) is 13.8. The number of aliphatic hydroxyl groups is 1. The minimum atomic E-state index is -2.61. The highest BCUT2D eigenvalue weighted by atomic mass is 16.7. The van der Waals surface area contributed by atoms with Gasteiger partial charge in [0.05, 0.1) is 17.7 Å². The molecular formula is C28H35BN4O7. The fourth-order valence-electron chi connectivity index (χ4n) is 6.64. The number of aromatic nitrogens is 1. The number of rotatable bonds is 9. The molecule has 3 fully saturated rings. The monoisotopic (exact) mass is 550 g/mol. The van der Waals surface area contributed by atoms with E-state index in [0.29, 0.717) is 25.0 Å². The predicted molar refractivity (Wildman–Crippen MR) is 145 cm³/mol. The molecule has 0 bridgehead atoms. The first-order valence-corrected chi connectivity index (χ1v) is 13.8. The van der Waals surface area contributed by atoms with Crippen LogP contribution in [0.1, 0.15) is 50.5 Å². The third kappa shape index (κ3) is 4.44. The maximum absolute atomic E-state index is 13.6. The van der Waals surface area contributed by atoms with Crippen LogP contribution >= 0.6 is 0 Å². The molecule has 3 N–H and O–H groups in total. The van der Waals surface area contributed by atoms with E-state index in [1.165, 1.54) is 13.0 Å². The van der Waals surface area contributed by atoms with Crippen molar-refractivity contribution in [2.24, 2.45) is 5.92 Å². The number of carbonyl (C=O) groups is 4. The number of nitrogens with zero attached hydrogens (tertiary/aromatic N) is 2. The fraction of sp³-hybridized carbons (Fsp3) is 0.464. The summed E-state index contributed by atoms with van der Waals surface area (Å²) >= 11 is 0. The number of pyridine rings is 1. The molecule has 11 nitrogen and oxygen atoms in total. The first-order chi connectivity index (χ1) is 19.0. The number of hydrogen-bond donors (Lipinski definition) is 3. The summed E-state index contributed by atoms with van der Waals surface area (Å²) in [5.41, 5.74) is 1.49. The minimum Gasteiger partial charge on any atom is -0.599 e. The maximum atomic E-state index is 13.6. The van der Waals surface area contributed by atoms with Gasteiger partial charge in [0.15, 0.2) is 0 Å². The van der Waals surface area contributed by atoms with Gasteiger partial charge in [-0.1, -0.05) is 50.2 Å². The Hall–Kier alpha value is -3.77. The number of benzene rings is 1. The van der Waals surface area contributed by atoms with Crippen LogP contribution < -0.4 is 10.6 Å². The van der Waals surface area contributed by atoms with E-state index in [2.05, 4.69) is 15.6 Å². The lowest BCUT2D eigenvalue weighted by molar-refractivity contribution is -0.829. The van der Waals surface area contributed by atoms with Crippen molar-refractivity contribution in [3.8, 4) is 11.3 Å². The van der Waals surface area contributed by atoms with Gasteiger partial charge < -0.3 is 29.4 Å². The van der Waals surface area contributed by atoms with Crippen LogP contribution in [0.15, 0.2) is 48.5 Å². The lowest BCUT2D eigenvalue weighted by Gasteiger charge is -2.47. The topological polar surface area (TPSA) is 144 Å². The van der Waals surface area contributed by atoms with Gasteiger partial charge in [0.1, 0.15) is 23.8 Å². The molecule has 0 spiro atoms. The molecule has 12 heteroatoms. The van der Waals surface area contributed by atoms with Crippen LogP contribution in [0.2, 0.25) is 0 Å². The Morgan fingerprint density at radius 2 is 1.62 bits per heavy atom. The van der Waals surface area contributed by atoms with Crippen LogP contribution in [0.4, 0.5) is 0 Å². The highest BCUT2D eigenvalue weighted by Crippen LogP contribution is 2.51. The number of nitrogens with one attached hydrogen (secondary N) is 2. The lowest BCUT2D eigenvalue weighted by Crippen LogP contribution is -2.74. The molecule has 3 saturated heterocycles. The number of quaternary nitrogens is 1. The Balaban J connectivity index is 1.39. The molecule has 5 rings (SSSR count). The smallest absolute Gasteiger partial charge is 0.599 e. The molecule has 2 aromatic rings. The fourth-order valence-corrected chi connectivity index (χ4v) is 6.64. The van der Waals surface area contributed by atoms with Gasteiger partial charge in [0, 0.05) is 25.5 Å². The van der Waals surface area contributed by atoms with Crippen molar-refractivity contribution in [3.05, 3.63) is 54.2 Å². The third-order valence-corrected chi connectivity index (χ3v) is 8.61. The predicted octanol–water partition coefficient (Wildman–Crippen LogP) is 1.33. The number of hydrogen-bond acceptors (Lipinski definition) is 8. The van der Waals surface area contributed by atoms with Gasteiger partial charge in [-0.15, -0.1) is 0 Å². The molecule has 1 aromatic heterocycles. The molecule has 3 aliphatic heterocycles. The van der Waals surface area contributed by atoms with Crippen molar-refractivity contribution in [3.63, 3.8) is 0 Å². The summed E-state index contributed by atoms with van der Waals surface area (Å²) in [6, 6.07) is 11.9. The largest absolute Gasteiger partial charge is 0.605 e. The number of likely N-dealkylation sites (N-methyl/N-ethyl adjacent to an activating group) is 1. The minimum absolute atomic E-state index is 0.0166. The van der Waals surface area contributed by atoms with Gasteiger partial charge in [0.25, 0.3) is 5.91 Å². The van der Waals surface area contributed by atoms with E-state index in [4.69, 9.17) is 9.31 Å². The standard InChI is InChI=1S/C28H35BN4O7/c1-16(2)15-23(29-33(4)21(27(37)39-29)13-14-22(33)28(38)40-29)31-26(36)24(17(3)34)32-25(35)20-12-8-11-19(30-20)18-9-6-5-7-10-18/h5-12,16-17,21-24,34H,13-15H2,1-4H3,(H,31,36)(H,32,35)/t17-,21-,22-,23+,24+,29?,33?/m1/s1. The molecule has 0 aliphatic carbocycles. The summed E-state index contributed by atoms with van der Waals surface area (Å²) in [5, 5.41) is 16.0. The van der Waals surface area contributed by atoms with E-state index in [9.17, 15) is 24.3 Å². The van der Waals surface area contributed by atoms with Crippen LogP contribution in [-0.2, 0) is 23.7 Å². The molecule has 0 saturated carbocycles. The number of carbonyl (C=O) groups excluding carboxylic acids is 4. The zero-order chi connectivity index (χ0) is 28.8. The highest BCUT2D eigenvalue weighted by Gasteiger charge is 2.78. The summed E-state index contributed by atoms with van der Waals surface area (Å²) in [4.78, 5) is 57.0. The Kier molecular flexibility index (Phi) is 7.17. The Bertz CT molecular complexity index is 1310. The van der Waals surface area contributed by atoms with E-state index in [1.807, 2.05) is 44.2 Å². The molecule has 2 amide bonds. The van der Waals surface area contributed by atoms with Crippen molar-refractivity contribution in [2.45, 2.75) is 70.2 Å². The first kappa shape index (κ1) is 27.8. The Labute approximate surface area is 232 Å². The third-order valence-electron chi connectivity index (χ3n) is 8.61. The summed E-state index contributed by atoms with van der Waals surface area (Å²) in [5.74, 6) is -3.02. The summed E-state index contributed by atoms with van der Waals surface area (Å²) in [6.07, 6.45) is 0.0890. The van der Waals surface area contributed by atoms with E-state index < -0.39 is 60.6 Å². The zero-order valence-electron chi connectivity index (χ0n) is 23.1. The Morgan fingerprint density at radius 1 is 1.00 bits per heavy atom. The average Bonchev–Trinajstić information content (AvgIpc) is 3.47. The second kappa shape index (κ2) is 10.3. The van der Waals surface area contributed by atoms with Gasteiger partial charge in [-0.2, -0.15) is 0 Å². The molecular weight excluding hydrogens is 515 g/mol. The molecule has 1 aromatic carbocycles. The number of aliphatic hydroxyl groups excluding tert-OH is 1. The zero-order valence-corrected chi connectivity index (χ0v) is 23.1. The molecule has 4 heterocycles. The quantitative estimate of drug-likeness (QED) is 0.397. The summed E-state index contributed by atoms with van der Waals surface area (Å²) in [7, 11) is 1.79. The normalized spacial score (nSPS) is 28.9. The van der Waals surface area contributed by atoms with Crippen molar-refractivity contribution < 1.29 is 38.0 Å². The van der Waals surface area contributed by atoms with Crippen LogP contribution in [0.5, 0.6) is 0 Å². The van der Waals surface area contributed by atoms with Gasteiger partial charge in [-0.25, -0.2) is 14.6 Å². The lowest BCUT2D eigenvalue weighted by atomic mass is 9.57. The van der Waals surface area contributed by atoms with Crippen LogP contribution in [0, 0.1) is 5.92 Å². The molecule has 3 aliphatic rings. The Morgan fingerprint density at radius 3 is 2.20 bits per heavy atom. The number of amides is 2. The second-order valence-electron chi connectivity index (χ2n) is 11.6. The molecule has 5 atom stereocenters. The van der Waals surface area contributed by atoms with E-state index in [1.54, 1.807) is 19.2 Å². The molecule has 0 radical (unpaired) electrons. The summed E-state index contributed by atoms with van der Waals surface area (Å²) < 4.78 is 11.7. The molecule has 212 valence electrons. The van der Waals surface area contributed by atoms with E-state index in [-0.39, 0.29) is 16.0 Å². The molecule has 0 unspecified atom stereocenters. The highest BCUT2D eigenvalue weighted by molar-refractivity contribution is 6.68. The van der Waals surface area contributed by atoms with Crippen LogP contribution in [-0.4, -0.2) is 82.1 Å². The van der Waals surface area contributed by atoms with Crippen LogP contribution in [0.3, 0.4) is 0 Å². The van der Waals surface area contributed by atoms with Crippen molar-refractivity contribution in [1.29, 1.82) is 0 Å². The van der Waals surface area contributed by atoms with Crippen molar-refractivity contribution in [2.75, 3.05) is 7.05 Å². The van der Waals surface area contributed by atoms with Gasteiger partial charge in [-0.05, 0) is 31.4 Å². The van der Waals surface area contributed by atoms with Gasteiger partial charge in [0.2, 0.25) is 5.91 Å². The summed E-state index contributed by atoms with van der Waals surface area (Å²) in [6.45, 7) is 2.67. The second-order valence-corrected chi connectivity index (χ2v) is 11.6.